The molecular formula is C64H118O6. The second-order valence-electron chi connectivity index (χ2n) is 21.0. The molecule has 1 unspecified atom stereocenters. The van der Waals surface area contributed by atoms with E-state index in [0.29, 0.717) is 19.3 Å². The fourth-order valence-electron chi connectivity index (χ4n) is 9.28. The molecule has 0 bridgehead atoms. The lowest BCUT2D eigenvalue weighted by Gasteiger charge is -2.18. The highest BCUT2D eigenvalue weighted by molar-refractivity contribution is 5.71. The molecule has 410 valence electrons. The van der Waals surface area contributed by atoms with E-state index in [9.17, 15) is 14.4 Å². The monoisotopic (exact) mass is 983 g/mol. The molecule has 0 N–H and O–H groups in total. The number of esters is 3. The van der Waals surface area contributed by atoms with Crippen LogP contribution in [0.25, 0.3) is 0 Å². The molecule has 0 rings (SSSR count). The third kappa shape index (κ3) is 56.5. The number of rotatable bonds is 57. The minimum Gasteiger partial charge on any atom is -0.462 e. The van der Waals surface area contributed by atoms with Crippen LogP contribution in [0.5, 0.6) is 0 Å². The molecule has 0 spiro atoms. The Morgan fingerprint density at radius 3 is 0.871 bits per heavy atom. The average molecular weight is 984 g/mol. The van der Waals surface area contributed by atoms with Crippen LogP contribution in [0.2, 0.25) is 0 Å². The third-order valence-electron chi connectivity index (χ3n) is 13.9. The molecule has 1 atom stereocenters. The van der Waals surface area contributed by atoms with Crippen molar-refractivity contribution in [3.05, 3.63) is 36.5 Å². The van der Waals surface area contributed by atoms with Crippen molar-refractivity contribution in [3.63, 3.8) is 0 Å². The molecule has 0 saturated carbocycles. The maximum Gasteiger partial charge on any atom is 0.306 e. The molecule has 0 heterocycles. The standard InChI is InChI=1S/C64H118O6/c1-4-7-10-13-16-19-22-25-27-28-29-30-31-32-33-34-35-37-39-42-45-48-51-54-57-63(66)69-60-61(59-68-62(65)56-53-50-47-44-41-38-24-21-18-15-12-9-6-3)70-64(67)58-55-52-49-46-43-40-36-26-23-20-17-14-11-8-5-2/h8,11,17,20,26,36,61H,4-7,9-10,12-16,18-19,21-25,27-35,37-60H2,1-3H3/b11-8-,20-17-,36-26-. The van der Waals surface area contributed by atoms with Gasteiger partial charge in [0.1, 0.15) is 13.2 Å². The van der Waals surface area contributed by atoms with Crippen LogP contribution in [-0.2, 0) is 28.6 Å². The molecule has 0 amide bonds. The third-order valence-corrected chi connectivity index (χ3v) is 13.9. The van der Waals surface area contributed by atoms with E-state index >= 15 is 0 Å². The van der Waals surface area contributed by atoms with Gasteiger partial charge in [0.2, 0.25) is 0 Å². The minimum absolute atomic E-state index is 0.0742. The number of ether oxygens (including phenoxy) is 3. The van der Waals surface area contributed by atoms with Crippen molar-refractivity contribution in [2.75, 3.05) is 13.2 Å². The van der Waals surface area contributed by atoms with Gasteiger partial charge in [-0.3, -0.25) is 14.4 Å². The van der Waals surface area contributed by atoms with Crippen LogP contribution < -0.4 is 0 Å². The zero-order valence-corrected chi connectivity index (χ0v) is 47.1. The summed E-state index contributed by atoms with van der Waals surface area (Å²) in [4.78, 5) is 38.2. The highest BCUT2D eigenvalue weighted by atomic mass is 16.6. The van der Waals surface area contributed by atoms with Crippen molar-refractivity contribution >= 4 is 17.9 Å². The number of hydrogen-bond donors (Lipinski definition) is 0. The molecule has 6 heteroatoms. The fourth-order valence-corrected chi connectivity index (χ4v) is 9.28. The van der Waals surface area contributed by atoms with Gasteiger partial charge in [-0.25, -0.2) is 0 Å². The van der Waals surface area contributed by atoms with Crippen molar-refractivity contribution < 1.29 is 28.6 Å². The topological polar surface area (TPSA) is 78.9 Å². The highest BCUT2D eigenvalue weighted by Gasteiger charge is 2.19. The second-order valence-corrected chi connectivity index (χ2v) is 21.0. The average Bonchev–Trinajstić information content (AvgIpc) is 3.36. The van der Waals surface area contributed by atoms with Gasteiger partial charge in [-0.2, -0.15) is 0 Å². The minimum atomic E-state index is -0.777. The Balaban J connectivity index is 4.23. The maximum absolute atomic E-state index is 12.9. The van der Waals surface area contributed by atoms with Gasteiger partial charge in [0.15, 0.2) is 6.10 Å². The number of allylic oxidation sites excluding steroid dienone is 6. The lowest BCUT2D eigenvalue weighted by atomic mass is 10.0. The molecule has 0 aromatic carbocycles. The summed E-state index contributed by atoms with van der Waals surface area (Å²) in [6.07, 6.45) is 71.5. The largest absolute Gasteiger partial charge is 0.462 e. The molecule has 0 radical (unpaired) electrons. The van der Waals surface area contributed by atoms with Gasteiger partial charge in [0, 0.05) is 19.3 Å². The summed E-state index contributed by atoms with van der Waals surface area (Å²) in [5.41, 5.74) is 0. The van der Waals surface area contributed by atoms with Gasteiger partial charge in [0.25, 0.3) is 0 Å². The Hall–Kier alpha value is -2.37. The first-order valence-corrected chi connectivity index (χ1v) is 31.0. The highest BCUT2D eigenvalue weighted by Crippen LogP contribution is 2.18. The smallest absolute Gasteiger partial charge is 0.306 e. The maximum atomic E-state index is 12.9. The number of hydrogen-bond acceptors (Lipinski definition) is 6. The van der Waals surface area contributed by atoms with E-state index in [1.54, 1.807) is 0 Å². The van der Waals surface area contributed by atoms with Crippen LogP contribution in [0.4, 0.5) is 0 Å². The Bertz CT molecular complexity index is 1170. The van der Waals surface area contributed by atoms with E-state index in [1.165, 1.54) is 199 Å². The van der Waals surface area contributed by atoms with Crippen molar-refractivity contribution in [1.82, 2.24) is 0 Å². The molecule has 0 saturated heterocycles. The Morgan fingerprint density at radius 2 is 0.557 bits per heavy atom. The predicted octanol–water partition coefficient (Wildman–Crippen LogP) is 20.8. The summed E-state index contributed by atoms with van der Waals surface area (Å²) >= 11 is 0. The van der Waals surface area contributed by atoms with Crippen LogP contribution in [0.3, 0.4) is 0 Å². The van der Waals surface area contributed by atoms with Gasteiger partial charge in [0.05, 0.1) is 0 Å². The van der Waals surface area contributed by atoms with E-state index in [0.717, 1.165) is 96.3 Å². The van der Waals surface area contributed by atoms with E-state index < -0.39 is 6.10 Å². The molecule has 0 aliphatic heterocycles. The molecule has 0 aliphatic carbocycles. The van der Waals surface area contributed by atoms with Gasteiger partial charge in [-0.05, 0) is 51.4 Å². The SMILES string of the molecule is CC/C=C\C/C=C\C/C=C\CCCCCCCC(=O)OC(COC(=O)CCCCCCCCCCCCCCC)COC(=O)CCCCCCCCCCCCCCCCCCCCCCCCCC. The first-order chi connectivity index (χ1) is 34.5. The van der Waals surface area contributed by atoms with Crippen LogP contribution in [-0.4, -0.2) is 37.2 Å². The molecule has 0 aliphatic rings. The molecular weight excluding hydrogens is 865 g/mol. The normalized spacial score (nSPS) is 12.2. The Labute approximate surface area is 435 Å². The van der Waals surface area contributed by atoms with Gasteiger partial charge >= 0.3 is 17.9 Å². The quantitative estimate of drug-likeness (QED) is 0.0261. The summed E-state index contributed by atoms with van der Waals surface area (Å²) in [7, 11) is 0. The number of unbranched alkanes of at least 4 members (excludes halogenated alkanes) is 40. The van der Waals surface area contributed by atoms with E-state index in [2.05, 4.69) is 57.2 Å². The van der Waals surface area contributed by atoms with Crippen molar-refractivity contribution in [1.29, 1.82) is 0 Å². The Morgan fingerprint density at radius 1 is 0.300 bits per heavy atom. The molecule has 6 nitrogen and oxygen atoms in total. The fraction of sp³-hybridized carbons (Fsp3) is 0.859. The van der Waals surface area contributed by atoms with Crippen molar-refractivity contribution in [3.8, 4) is 0 Å². The Kier molecular flexibility index (Phi) is 57.2. The molecule has 70 heavy (non-hydrogen) atoms. The van der Waals surface area contributed by atoms with Crippen LogP contribution in [0, 0.1) is 0 Å². The van der Waals surface area contributed by atoms with Gasteiger partial charge in [-0.15, -0.1) is 0 Å². The first kappa shape index (κ1) is 67.6. The van der Waals surface area contributed by atoms with E-state index in [1.807, 2.05) is 0 Å². The molecule has 0 aromatic rings. The second kappa shape index (κ2) is 59.2. The van der Waals surface area contributed by atoms with Crippen LogP contribution in [0.15, 0.2) is 36.5 Å². The van der Waals surface area contributed by atoms with Gasteiger partial charge < -0.3 is 14.2 Å². The summed E-state index contributed by atoms with van der Waals surface area (Å²) in [5.74, 6) is -0.870. The number of carbonyl (C=O) groups excluding carboxylic acids is 3. The zero-order chi connectivity index (χ0) is 50.7. The zero-order valence-electron chi connectivity index (χ0n) is 47.1. The van der Waals surface area contributed by atoms with Crippen molar-refractivity contribution in [2.24, 2.45) is 0 Å². The van der Waals surface area contributed by atoms with E-state index in [-0.39, 0.29) is 31.1 Å². The van der Waals surface area contributed by atoms with Crippen LogP contribution >= 0.6 is 0 Å². The summed E-state index contributed by atoms with van der Waals surface area (Å²) in [6.45, 7) is 6.57. The molecule has 0 aromatic heterocycles. The molecule has 0 fully saturated rings. The lowest BCUT2D eigenvalue weighted by molar-refractivity contribution is -0.167. The van der Waals surface area contributed by atoms with Crippen molar-refractivity contribution in [2.45, 2.75) is 341 Å². The lowest BCUT2D eigenvalue weighted by Crippen LogP contribution is -2.30. The first-order valence-electron chi connectivity index (χ1n) is 31.0. The van der Waals surface area contributed by atoms with Gasteiger partial charge in [-0.1, -0.05) is 301 Å². The summed E-state index contributed by atoms with van der Waals surface area (Å²) < 4.78 is 16.9. The van der Waals surface area contributed by atoms with E-state index in [4.69, 9.17) is 14.2 Å². The predicted molar refractivity (Wildman–Crippen MR) is 302 cm³/mol. The summed E-state index contributed by atoms with van der Waals surface area (Å²) in [6, 6.07) is 0. The van der Waals surface area contributed by atoms with Crippen LogP contribution in [0.1, 0.15) is 335 Å². The summed E-state index contributed by atoms with van der Waals surface area (Å²) in [5, 5.41) is 0. The number of carbonyl (C=O) groups is 3.